The summed E-state index contributed by atoms with van der Waals surface area (Å²) >= 11 is 12.2. The number of hydrogen-bond donors (Lipinski definition) is 1. The van der Waals surface area contributed by atoms with Gasteiger partial charge in [0, 0.05) is 19.0 Å². The molecule has 0 saturated carbocycles. The van der Waals surface area contributed by atoms with Gasteiger partial charge in [0.2, 0.25) is 11.8 Å². The molecule has 4 nitrogen and oxygen atoms in total. The number of carbonyl (C=O) groups is 2. The highest BCUT2D eigenvalue weighted by atomic mass is 35.5. The predicted molar refractivity (Wildman–Crippen MR) is 139 cm³/mol. The molecule has 3 aromatic rings. The molecule has 1 N–H and O–H groups in total. The molecule has 0 heterocycles. The zero-order chi connectivity index (χ0) is 24.7. The van der Waals surface area contributed by atoms with E-state index in [2.05, 4.69) is 5.32 Å². The van der Waals surface area contributed by atoms with Crippen LogP contribution in [-0.2, 0) is 29.0 Å². The fourth-order valence-corrected chi connectivity index (χ4v) is 4.07. The van der Waals surface area contributed by atoms with E-state index in [1.807, 2.05) is 75.4 Å². The van der Waals surface area contributed by atoms with Crippen molar-refractivity contribution in [3.63, 3.8) is 0 Å². The Kier molecular flexibility index (Phi) is 9.14. The fourth-order valence-electron chi connectivity index (χ4n) is 3.75. The first-order chi connectivity index (χ1) is 16.2. The Morgan fingerprint density at radius 1 is 0.853 bits per heavy atom. The summed E-state index contributed by atoms with van der Waals surface area (Å²) < 4.78 is 0. The van der Waals surface area contributed by atoms with Gasteiger partial charge in [-0.25, -0.2) is 0 Å². The highest BCUT2D eigenvalue weighted by Gasteiger charge is 2.30. The van der Waals surface area contributed by atoms with E-state index in [0.29, 0.717) is 23.0 Å². The van der Waals surface area contributed by atoms with Gasteiger partial charge in [0.05, 0.1) is 16.5 Å². The van der Waals surface area contributed by atoms with Crippen LogP contribution in [0.3, 0.4) is 0 Å². The summed E-state index contributed by atoms with van der Waals surface area (Å²) in [7, 11) is 0. The fraction of sp³-hybridized carbons (Fsp3) is 0.286. The van der Waals surface area contributed by atoms with E-state index < -0.39 is 6.04 Å². The SMILES string of the molecule is Cc1ccc(CN(C(=O)Cc2ccc(Cl)c(Cl)c2)[C@H](Cc2ccccc2)C(=O)NC(C)C)cc1. The maximum absolute atomic E-state index is 13.7. The van der Waals surface area contributed by atoms with E-state index in [1.54, 1.807) is 23.1 Å². The topological polar surface area (TPSA) is 49.4 Å². The molecule has 0 bridgehead atoms. The Balaban J connectivity index is 1.97. The summed E-state index contributed by atoms with van der Waals surface area (Å²) in [4.78, 5) is 28.7. The number of hydrogen-bond acceptors (Lipinski definition) is 2. The van der Waals surface area contributed by atoms with Crippen LogP contribution in [0, 0.1) is 6.92 Å². The van der Waals surface area contributed by atoms with Gasteiger partial charge in [-0.3, -0.25) is 9.59 Å². The first kappa shape index (κ1) is 25.8. The van der Waals surface area contributed by atoms with Gasteiger partial charge in [-0.2, -0.15) is 0 Å². The number of halogens is 2. The van der Waals surface area contributed by atoms with Crippen molar-refractivity contribution in [1.82, 2.24) is 10.2 Å². The average Bonchev–Trinajstić information content (AvgIpc) is 2.80. The van der Waals surface area contributed by atoms with Crippen LogP contribution < -0.4 is 5.32 Å². The molecule has 2 amide bonds. The number of aryl methyl sites for hydroxylation is 1. The summed E-state index contributed by atoms with van der Waals surface area (Å²) in [6.45, 7) is 6.17. The normalized spacial score (nSPS) is 11.8. The van der Waals surface area contributed by atoms with Crippen LogP contribution in [0.25, 0.3) is 0 Å². The second kappa shape index (κ2) is 12.0. The third-order valence-corrected chi connectivity index (χ3v) is 6.25. The Morgan fingerprint density at radius 3 is 2.12 bits per heavy atom. The first-order valence-electron chi connectivity index (χ1n) is 11.4. The molecule has 1 atom stereocenters. The Hall–Kier alpha value is -2.82. The molecule has 0 aromatic heterocycles. The third-order valence-electron chi connectivity index (χ3n) is 5.51. The van der Waals surface area contributed by atoms with Gasteiger partial charge in [0.15, 0.2) is 0 Å². The molecule has 0 radical (unpaired) electrons. The van der Waals surface area contributed by atoms with Gasteiger partial charge >= 0.3 is 0 Å². The quantitative estimate of drug-likeness (QED) is 0.394. The smallest absolute Gasteiger partial charge is 0.243 e. The lowest BCUT2D eigenvalue weighted by molar-refractivity contribution is -0.141. The molecular weight excluding hydrogens is 467 g/mol. The molecule has 3 rings (SSSR count). The van der Waals surface area contributed by atoms with Crippen LogP contribution in [-0.4, -0.2) is 28.8 Å². The molecule has 3 aromatic carbocycles. The standard InChI is InChI=1S/C28H30Cl2N2O2/c1-19(2)31-28(34)26(16-21-7-5-4-6-8-21)32(18-22-11-9-20(3)10-12-22)27(33)17-23-13-14-24(29)25(30)15-23/h4-15,19,26H,16-18H2,1-3H3,(H,31,34)/t26-/m1/s1. The second-order valence-electron chi connectivity index (χ2n) is 8.80. The predicted octanol–water partition coefficient (Wildman–Crippen LogP) is 6.01. The number of nitrogens with zero attached hydrogens (tertiary/aromatic N) is 1. The van der Waals surface area contributed by atoms with E-state index in [4.69, 9.17) is 23.2 Å². The van der Waals surface area contributed by atoms with Crippen LogP contribution >= 0.6 is 23.2 Å². The highest BCUT2D eigenvalue weighted by Crippen LogP contribution is 2.24. The number of carbonyl (C=O) groups excluding carboxylic acids is 2. The van der Waals surface area contributed by atoms with Crippen LogP contribution in [0.1, 0.15) is 36.1 Å². The average molecular weight is 497 g/mol. The monoisotopic (exact) mass is 496 g/mol. The van der Waals surface area contributed by atoms with Crippen molar-refractivity contribution in [1.29, 1.82) is 0 Å². The van der Waals surface area contributed by atoms with E-state index in [9.17, 15) is 9.59 Å². The molecule has 34 heavy (non-hydrogen) atoms. The summed E-state index contributed by atoms with van der Waals surface area (Å²) in [5.41, 5.74) is 3.83. The van der Waals surface area contributed by atoms with Gasteiger partial charge in [-0.15, -0.1) is 0 Å². The van der Waals surface area contributed by atoms with E-state index in [1.165, 1.54) is 0 Å². The van der Waals surface area contributed by atoms with Crippen molar-refractivity contribution in [2.45, 2.75) is 52.2 Å². The third kappa shape index (κ3) is 7.34. The minimum Gasteiger partial charge on any atom is -0.352 e. The Bertz CT molecular complexity index is 1120. The van der Waals surface area contributed by atoms with Gasteiger partial charge in [-0.05, 0) is 49.6 Å². The summed E-state index contributed by atoms with van der Waals surface area (Å²) in [5, 5.41) is 3.84. The van der Waals surface area contributed by atoms with Gasteiger partial charge in [-0.1, -0.05) is 89.4 Å². The van der Waals surface area contributed by atoms with Crippen molar-refractivity contribution in [2.24, 2.45) is 0 Å². The lowest BCUT2D eigenvalue weighted by atomic mass is 10.0. The molecule has 0 spiro atoms. The molecule has 178 valence electrons. The van der Waals surface area contributed by atoms with Crippen LogP contribution in [0.4, 0.5) is 0 Å². The minimum absolute atomic E-state index is 0.0443. The van der Waals surface area contributed by atoms with Gasteiger partial charge in [0.25, 0.3) is 0 Å². The van der Waals surface area contributed by atoms with E-state index in [0.717, 1.165) is 22.3 Å². The number of rotatable bonds is 9. The molecular formula is C28H30Cl2N2O2. The van der Waals surface area contributed by atoms with E-state index in [-0.39, 0.29) is 24.3 Å². The molecule has 0 aliphatic rings. The molecule has 0 aliphatic heterocycles. The van der Waals surface area contributed by atoms with E-state index >= 15 is 0 Å². The number of nitrogens with one attached hydrogen (secondary N) is 1. The van der Waals surface area contributed by atoms with Crippen molar-refractivity contribution in [3.05, 3.63) is 105 Å². The second-order valence-corrected chi connectivity index (χ2v) is 9.62. The summed E-state index contributed by atoms with van der Waals surface area (Å²) in [6.07, 6.45) is 0.529. The first-order valence-corrected chi connectivity index (χ1v) is 12.1. The molecule has 0 unspecified atom stereocenters. The molecule has 0 fully saturated rings. The lowest BCUT2D eigenvalue weighted by Crippen LogP contribution is -2.52. The summed E-state index contributed by atoms with van der Waals surface area (Å²) in [6, 6.07) is 22.2. The molecule has 0 aliphatic carbocycles. The zero-order valence-corrected chi connectivity index (χ0v) is 21.2. The zero-order valence-electron chi connectivity index (χ0n) is 19.7. The van der Waals surface area contributed by atoms with Crippen LogP contribution in [0.15, 0.2) is 72.8 Å². The van der Waals surface area contributed by atoms with Crippen LogP contribution in [0.5, 0.6) is 0 Å². The van der Waals surface area contributed by atoms with Crippen molar-refractivity contribution in [3.8, 4) is 0 Å². The maximum atomic E-state index is 13.7. The Labute approximate surface area is 211 Å². The van der Waals surface area contributed by atoms with Crippen LogP contribution in [0.2, 0.25) is 10.0 Å². The molecule has 0 saturated heterocycles. The highest BCUT2D eigenvalue weighted by molar-refractivity contribution is 6.42. The van der Waals surface area contributed by atoms with Crippen molar-refractivity contribution in [2.75, 3.05) is 0 Å². The summed E-state index contributed by atoms with van der Waals surface area (Å²) in [5.74, 6) is -0.327. The van der Waals surface area contributed by atoms with Crippen molar-refractivity contribution >= 4 is 35.0 Å². The Morgan fingerprint density at radius 2 is 1.50 bits per heavy atom. The van der Waals surface area contributed by atoms with Crippen molar-refractivity contribution < 1.29 is 9.59 Å². The lowest BCUT2D eigenvalue weighted by Gasteiger charge is -2.32. The van der Waals surface area contributed by atoms with Gasteiger partial charge in [0.1, 0.15) is 6.04 Å². The maximum Gasteiger partial charge on any atom is 0.243 e. The number of amides is 2. The largest absolute Gasteiger partial charge is 0.352 e. The molecule has 6 heteroatoms. The van der Waals surface area contributed by atoms with Gasteiger partial charge < -0.3 is 10.2 Å². The minimum atomic E-state index is -0.665. The number of benzene rings is 3.